The van der Waals surface area contributed by atoms with Crippen LogP contribution in [0.1, 0.15) is 17.4 Å². The van der Waals surface area contributed by atoms with Gasteiger partial charge >= 0.3 is 0 Å². The molecule has 0 fully saturated rings. The largest absolute Gasteiger partial charge is 0.385 e. The van der Waals surface area contributed by atoms with Crippen LogP contribution >= 0.6 is 0 Å². The third-order valence-corrected chi connectivity index (χ3v) is 2.66. The second-order valence-corrected chi connectivity index (χ2v) is 3.97. The van der Waals surface area contributed by atoms with Crippen molar-refractivity contribution in [3.63, 3.8) is 0 Å². The molecule has 1 atom stereocenters. The average molecular weight is 228 g/mol. The van der Waals surface area contributed by atoms with Gasteiger partial charge in [-0.3, -0.25) is 4.98 Å². The zero-order valence-corrected chi connectivity index (χ0v) is 9.80. The van der Waals surface area contributed by atoms with Gasteiger partial charge in [-0.1, -0.05) is 24.3 Å². The van der Waals surface area contributed by atoms with E-state index in [9.17, 15) is 5.11 Å². The molecule has 0 saturated heterocycles. The third kappa shape index (κ3) is 3.04. The molecular weight excluding hydrogens is 212 g/mol. The fraction of sp³-hybridized carbons (Fsp3) is 0.214. The van der Waals surface area contributed by atoms with Crippen LogP contribution in [-0.4, -0.2) is 16.6 Å². The van der Waals surface area contributed by atoms with Gasteiger partial charge in [0.05, 0.1) is 5.69 Å². The Hall–Kier alpha value is -1.87. The summed E-state index contributed by atoms with van der Waals surface area (Å²) in [4.78, 5) is 4.12. The molecule has 0 bridgehead atoms. The molecule has 0 aliphatic heterocycles. The summed E-state index contributed by atoms with van der Waals surface area (Å²) in [5.41, 5.74) is 2.90. The van der Waals surface area contributed by atoms with Gasteiger partial charge < -0.3 is 10.4 Å². The van der Waals surface area contributed by atoms with E-state index in [0.717, 1.165) is 5.69 Å². The summed E-state index contributed by atoms with van der Waals surface area (Å²) in [6, 6.07) is 13.5. The number of aliphatic hydroxyl groups is 1. The van der Waals surface area contributed by atoms with E-state index in [2.05, 4.69) is 10.3 Å². The normalized spacial score (nSPS) is 12.1. The Balaban J connectivity index is 1.97. The summed E-state index contributed by atoms with van der Waals surface area (Å²) in [6.07, 6.45) is 1.10. The molecule has 0 spiro atoms. The predicted molar refractivity (Wildman–Crippen MR) is 68.9 cm³/mol. The number of hydrogen-bond acceptors (Lipinski definition) is 3. The van der Waals surface area contributed by atoms with Gasteiger partial charge in [0, 0.05) is 18.4 Å². The van der Waals surface area contributed by atoms with Crippen LogP contribution in [0, 0.1) is 6.92 Å². The Morgan fingerprint density at radius 3 is 2.65 bits per heavy atom. The smallest absolute Gasteiger partial charge is 0.113 e. The number of benzene rings is 1. The van der Waals surface area contributed by atoms with E-state index in [1.54, 1.807) is 6.20 Å². The van der Waals surface area contributed by atoms with E-state index < -0.39 is 6.10 Å². The SMILES string of the molecule is Cc1ccccc1NCC(O)c1ccccn1. The fourth-order valence-corrected chi connectivity index (χ4v) is 1.66. The molecule has 2 rings (SSSR count). The lowest BCUT2D eigenvalue weighted by molar-refractivity contribution is 0.187. The predicted octanol–water partition coefficient (Wildman–Crippen LogP) is 2.54. The van der Waals surface area contributed by atoms with E-state index in [1.807, 2.05) is 49.4 Å². The maximum absolute atomic E-state index is 9.95. The monoisotopic (exact) mass is 228 g/mol. The number of anilines is 1. The van der Waals surface area contributed by atoms with Crippen LogP contribution in [0.3, 0.4) is 0 Å². The molecule has 0 saturated carbocycles. The summed E-state index contributed by atoms with van der Waals surface area (Å²) in [5, 5.41) is 13.2. The fourth-order valence-electron chi connectivity index (χ4n) is 1.66. The standard InChI is InChI=1S/C14H16N2O/c1-11-6-2-3-7-12(11)16-10-14(17)13-8-4-5-9-15-13/h2-9,14,16-17H,10H2,1H3. The van der Waals surface area contributed by atoms with Crippen LogP contribution in [0.5, 0.6) is 0 Å². The van der Waals surface area contributed by atoms with Crippen molar-refractivity contribution in [3.8, 4) is 0 Å². The minimum absolute atomic E-state index is 0.460. The van der Waals surface area contributed by atoms with Crippen LogP contribution in [-0.2, 0) is 0 Å². The molecule has 3 heteroatoms. The molecule has 17 heavy (non-hydrogen) atoms. The van der Waals surface area contributed by atoms with E-state index in [0.29, 0.717) is 12.2 Å². The lowest BCUT2D eigenvalue weighted by atomic mass is 10.2. The first-order valence-corrected chi connectivity index (χ1v) is 5.66. The molecule has 0 amide bonds. The molecule has 2 N–H and O–H groups in total. The number of aryl methyl sites for hydroxylation is 1. The number of aromatic nitrogens is 1. The first kappa shape index (κ1) is 11.6. The molecule has 0 aliphatic rings. The highest BCUT2D eigenvalue weighted by atomic mass is 16.3. The van der Waals surface area contributed by atoms with Crippen molar-refractivity contribution in [1.29, 1.82) is 0 Å². The highest BCUT2D eigenvalue weighted by Gasteiger charge is 2.08. The van der Waals surface area contributed by atoms with E-state index >= 15 is 0 Å². The first-order chi connectivity index (χ1) is 8.27. The molecule has 3 nitrogen and oxygen atoms in total. The van der Waals surface area contributed by atoms with Crippen molar-refractivity contribution in [1.82, 2.24) is 4.98 Å². The summed E-state index contributed by atoms with van der Waals surface area (Å²) < 4.78 is 0. The van der Waals surface area contributed by atoms with E-state index in [1.165, 1.54) is 5.56 Å². The molecule has 1 heterocycles. The number of hydrogen-bond donors (Lipinski definition) is 2. The lowest BCUT2D eigenvalue weighted by Crippen LogP contribution is -2.13. The van der Waals surface area contributed by atoms with Gasteiger partial charge in [-0.2, -0.15) is 0 Å². The molecule has 2 aromatic rings. The number of nitrogens with zero attached hydrogens (tertiary/aromatic N) is 1. The van der Waals surface area contributed by atoms with Crippen molar-refractivity contribution in [2.24, 2.45) is 0 Å². The molecular formula is C14H16N2O. The van der Waals surface area contributed by atoms with Crippen LogP contribution in [0.25, 0.3) is 0 Å². The first-order valence-electron chi connectivity index (χ1n) is 5.66. The van der Waals surface area contributed by atoms with Gasteiger partial charge in [-0.15, -0.1) is 0 Å². The van der Waals surface area contributed by atoms with Gasteiger partial charge in [0.1, 0.15) is 6.10 Å². The average Bonchev–Trinajstić information content (AvgIpc) is 2.38. The lowest BCUT2D eigenvalue weighted by Gasteiger charge is -2.13. The Morgan fingerprint density at radius 1 is 1.18 bits per heavy atom. The van der Waals surface area contributed by atoms with Gasteiger partial charge in [-0.25, -0.2) is 0 Å². The van der Waals surface area contributed by atoms with Crippen LogP contribution < -0.4 is 5.32 Å². The summed E-state index contributed by atoms with van der Waals surface area (Å²) in [5.74, 6) is 0. The van der Waals surface area contributed by atoms with Crippen LogP contribution in [0.4, 0.5) is 5.69 Å². The molecule has 88 valence electrons. The highest BCUT2D eigenvalue weighted by molar-refractivity contribution is 5.50. The second-order valence-electron chi connectivity index (χ2n) is 3.97. The highest BCUT2D eigenvalue weighted by Crippen LogP contribution is 2.15. The van der Waals surface area contributed by atoms with Crippen LogP contribution in [0.15, 0.2) is 48.7 Å². The molecule has 1 aromatic heterocycles. The third-order valence-electron chi connectivity index (χ3n) is 2.66. The minimum Gasteiger partial charge on any atom is -0.385 e. The molecule has 1 unspecified atom stereocenters. The van der Waals surface area contributed by atoms with Crippen molar-refractivity contribution in [2.45, 2.75) is 13.0 Å². The Labute approximate surface area is 101 Å². The van der Waals surface area contributed by atoms with Crippen molar-refractivity contribution in [2.75, 3.05) is 11.9 Å². The number of rotatable bonds is 4. The van der Waals surface area contributed by atoms with Crippen molar-refractivity contribution < 1.29 is 5.11 Å². The van der Waals surface area contributed by atoms with E-state index in [4.69, 9.17) is 0 Å². The number of nitrogens with one attached hydrogen (secondary N) is 1. The Bertz CT molecular complexity index is 471. The van der Waals surface area contributed by atoms with Gasteiger partial charge in [-0.05, 0) is 30.7 Å². The quantitative estimate of drug-likeness (QED) is 0.845. The van der Waals surface area contributed by atoms with Gasteiger partial charge in [0.15, 0.2) is 0 Å². The molecule has 0 aliphatic carbocycles. The number of pyridine rings is 1. The van der Waals surface area contributed by atoms with Crippen molar-refractivity contribution in [3.05, 3.63) is 59.9 Å². The minimum atomic E-state index is -0.587. The Morgan fingerprint density at radius 2 is 1.94 bits per heavy atom. The molecule has 0 radical (unpaired) electrons. The summed E-state index contributed by atoms with van der Waals surface area (Å²) in [7, 11) is 0. The maximum atomic E-state index is 9.95. The maximum Gasteiger partial charge on any atom is 0.113 e. The number of para-hydroxylation sites is 1. The summed E-state index contributed by atoms with van der Waals surface area (Å²) >= 11 is 0. The van der Waals surface area contributed by atoms with Gasteiger partial charge in [0.2, 0.25) is 0 Å². The zero-order valence-electron chi connectivity index (χ0n) is 9.80. The van der Waals surface area contributed by atoms with Gasteiger partial charge in [0.25, 0.3) is 0 Å². The topological polar surface area (TPSA) is 45.1 Å². The summed E-state index contributed by atoms with van der Waals surface area (Å²) in [6.45, 7) is 2.50. The van der Waals surface area contributed by atoms with Crippen molar-refractivity contribution >= 4 is 5.69 Å². The molecule has 1 aromatic carbocycles. The number of aliphatic hydroxyl groups excluding tert-OH is 1. The Kier molecular flexibility index (Phi) is 3.73. The second kappa shape index (κ2) is 5.46. The van der Waals surface area contributed by atoms with Crippen LogP contribution in [0.2, 0.25) is 0 Å². The zero-order chi connectivity index (χ0) is 12.1. The van der Waals surface area contributed by atoms with E-state index in [-0.39, 0.29) is 0 Å².